The number of anilines is 1. The number of aromatic nitrogens is 3. The monoisotopic (exact) mass is 395 g/mol. The molecule has 1 aliphatic rings. The van der Waals surface area contributed by atoms with E-state index >= 15 is 0 Å². The molecule has 7 nitrogen and oxygen atoms in total. The van der Waals surface area contributed by atoms with Gasteiger partial charge < -0.3 is 15.0 Å². The van der Waals surface area contributed by atoms with Crippen molar-refractivity contribution < 1.29 is 9.53 Å². The Bertz CT molecular complexity index is 740. The molecule has 1 amide bonds. The summed E-state index contributed by atoms with van der Waals surface area (Å²) in [6, 6.07) is 3.97. The topological polar surface area (TPSA) is 71.8 Å². The van der Waals surface area contributed by atoms with Crippen molar-refractivity contribution in [2.45, 2.75) is 45.3 Å². The van der Waals surface area contributed by atoms with Gasteiger partial charge in [0.15, 0.2) is 5.65 Å². The molecule has 130 valence electrons. The van der Waals surface area contributed by atoms with Crippen LogP contribution >= 0.6 is 15.9 Å². The van der Waals surface area contributed by atoms with Gasteiger partial charge in [-0.1, -0.05) is 0 Å². The molecule has 1 aliphatic heterocycles. The van der Waals surface area contributed by atoms with Crippen LogP contribution in [0.1, 0.15) is 33.6 Å². The number of nitrogens with one attached hydrogen (secondary N) is 1. The molecule has 1 saturated heterocycles. The van der Waals surface area contributed by atoms with Crippen molar-refractivity contribution in [3.05, 3.63) is 22.9 Å². The van der Waals surface area contributed by atoms with Crippen LogP contribution < -0.4 is 5.32 Å². The van der Waals surface area contributed by atoms with Crippen molar-refractivity contribution in [3.8, 4) is 0 Å². The highest BCUT2D eigenvalue weighted by Crippen LogP contribution is 2.19. The Morgan fingerprint density at radius 1 is 1.42 bits per heavy atom. The molecule has 3 heterocycles. The fourth-order valence-electron chi connectivity index (χ4n) is 2.72. The molecule has 3 rings (SSSR count). The number of hydrogen-bond donors (Lipinski definition) is 1. The summed E-state index contributed by atoms with van der Waals surface area (Å²) in [5.74, 6) is 0.761. The van der Waals surface area contributed by atoms with Gasteiger partial charge in [-0.15, -0.1) is 5.10 Å². The lowest BCUT2D eigenvalue weighted by Gasteiger charge is -2.34. The highest BCUT2D eigenvalue weighted by atomic mass is 79.9. The zero-order chi connectivity index (χ0) is 17.3. The number of amides is 1. The number of carbonyl (C=O) groups excluding carboxylic acids is 1. The summed E-state index contributed by atoms with van der Waals surface area (Å²) in [6.45, 7) is 6.98. The third-order valence-corrected chi connectivity index (χ3v) is 4.29. The van der Waals surface area contributed by atoms with Crippen LogP contribution in [0.3, 0.4) is 0 Å². The molecule has 1 atom stereocenters. The number of rotatable bonds is 2. The number of fused-ring (bicyclic) bond motifs is 1. The Labute approximate surface area is 149 Å². The molecule has 1 fully saturated rings. The largest absolute Gasteiger partial charge is 0.444 e. The van der Waals surface area contributed by atoms with Crippen LogP contribution in [-0.2, 0) is 4.74 Å². The van der Waals surface area contributed by atoms with Gasteiger partial charge >= 0.3 is 6.09 Å². The lowest BCUT2D eigenvalue weighted by molar-refractivity contribution is 0.0206. The highest BCUT2D eigenvalue weighted by molar-refractivity contribution is 9.10. The van der Waals surface area contributed by atoms with E-state index in [0.717, 1.165) is 35.5 Å². The molecule has 1 unspecified atom stereocenters. The number of ether oxygens (including phenoxy) is 1. The first kappa shape index (κ1) is 17.0. The standard InChI is InChI=1S/C16H22BrN5O2/c1-16(2,3)24-15(23)21-8-4-5-11(10-21)19-13-6-7-14-18-9-12(17)22(14)20-13/h6-7,9,11H,4-5,8,10H2,1-3H3,(H,19,20). The van der Waals surface area contributed by atoms with Crippen LogP contribution in [0.4, 0.5) is 10.6 Å². The quantitative estimate of drug-likeness (QED) is 0.844. The Morgan fingerprint density at radius 2 is 2.21 bits per heavy atom. The van der Waals surface area contributed by atoms with Gasteiger partial charge in [-0.2, -0.15) is 0 Å². The fourth-order valence-corrected chi connectivity index (χ4v) is 3.08. The Morgan fingerprint density at radius 3 is 2.96 bits per heavy atom. The molecular weight excluding hydrogens is 374 g/mol. The number of nitrogens with zero attached hydrogens (tertiary/aromatic N) is 4. The van der Waals surface area contributed by atoms with Crippen molar-refractivity contribution in [1.82, 2.24) is 19.5 Å². The molecule has 0 aromatic carbocycles. The molecule has 0 aliphatic carbocycles. The second kappa shape index (κ2) is 6.58. The first-order chi connectivity index (χ1) is 11.3. The van der Waals surface area contributed by atoms with Gasteiger partial charge in [-0.05, 0) is 61.7 Å². The van der Waals surface area contributed by atoms with Gasteiger partial charge in [0.05, 0.1) is 6.20 Å². The first-order valence-corrected chi connectivity index (χ1v) is 8.86. The number of halogens is 1. The van der Waals surface area contributed by atoms with Gasteiger partial charge in [-0.3, -0.25) is 0 Å². The number of imidazole rings is 1. The lowest BCUT2D eigenvalue weighted by Crippen LogP contribution is -2.47. The van der Waals surface area contributed by atoms with Gasteiger partial charge in [0, 0.05) is 19.1 Å². The average Bonchev–Trinajstić information content (AvgIpc) is 2.87. The van der Waals surface area contributed by atoms with Crippen molar-refractivity contribution in [2.75, 3.05) is 18.4 Å². The summed E-state index contributed by atoms with van der Waals surface area (Å²) >= 11 is 3.42. The SMILES string of the molecule is CC(C)(C)OC(=O)N1CCCC(Nc2ccc3ncc(Br)n3n2)C1. The zero-order valence-electron chi connectivity index (χ0n) is 14.1. The van der Waals surface area contributed by atoms with E-state index in [-0.39, 0.29) is 12.1 Å². The molecule has 1 N–H and O–H groups in total. The van der Waals surface area contributed by atoms with E-state index in [1.807, 2.05) is 32.9 Å². The van der Waals surface area contributed by atoms with Gasteiger partial charge in [0.2, 0.25) is 0 Å². The smallest absolute Gasteiger partial charge is 0.410 e. The van der Waals surface area contributed by atoms with Crippen LogP contribution in [0, 0.1) is 0 Å². The minimum atomic E-state index is -0.474. The molecule has 0 bridgehead atoms. The van der Waals surface area contributed by atoms with Gasteiger partial charge in [-0.25, -0.2) is 14.3 Å². The molecule has 2 aromatic heterocycles. The van der Waals surface area contributed by atoms with Crippen molar-refractivity contribution in [1.29, 1.82) is 0 Å². The Hall–Kier alpha value is -1.83. The maximum atomic E-state index is 12.2. The normalized spacial score (nSPS) is 18.7. The minimum Gasteiger partial charge on any atom is -0.444 e. The third-order valence-electron chi connectivity index (χ3n) is 3.75. The van der Waals surface area contributed by atoms with Crippen LogP contribution in [-0.4, -0.2) is 50.3 Å². The van der Waals surface area contributed by atoms with E-state index in [9.17, 15) is 4.79 Å². The van der Waals surface area contributed by atoms with Crippen LogP contribution in [0.15, 0.2) is 22.9 Å². The van der Waals surface area contributed by atoms with Gasteiger partial charge in [0.1, 0.15) is 16.0 Å². The Balaban J connectivity index is 1.66. The summed E-state index contributed by atoms with van der Waals surface area (Å²) in [5.41, 5.74) is 0.309. The van der Waals surface area contributed by atoms with E-state index in [4.69, 9.17) is 4.74 Å². The molecule has 8 heteroatoms. The number of carbonyl (C=O) groups is 1. The van der Waals surface area contributed by atoms with E-state index in [0.29, 0.717) is 6.54 Å². The van der Waals surface area contributed by atoms with E-state index in [2.05, 4.69) is 31.3 Å². The van der Waals surface area contributed by atoms with Crippen LogP contribution in [0.2, 0.25) is 0 Å². The molecule has 0 spiro atoms. The number of likely N-dealkylation sites (tertiary alicyclic amines) is 1. The summed E-state index contributed by atoms with van der Waals surface area (Å²) < 4.78 is 8.00. The molecule has 24 heavy (non-hydrogen) atoms. The predicted octanol–water partition coefficient (Wildman–Crippen LogP) is 3.30. The van der Waals surface area contributed by atoms with E-state index in [1.54, 1.807) is 15.6 Å². The number of piperidine rings is 1. The van der Waals surface area contributed by atoms with Crippen molar-refractivity contribution in [2.24, 2.45) is 0 Å². The van der Waals surface area contributed by atoms with Crippen LogP contribution in [0.5, 0.6) is 0 Å². The zero-order valence-corrected chi connectivity index (χ0v) is 15.7. The maximum absolute atomic E-state index is 12.2. The highest BCUT2D eigenvalue weighted by Gasteiger charge is 2.27. The summed E-state index contributed by atoms with van der Waals surface area (Å²) in [4.78, 5) is 18.2. The first-order valence-electron chi connectivity index (χ1n) is 8.06. The summed E-state index contributed by atoms with van der Waals surface area (Å²) in [6.07, 6.45) is 3.39. The molecule has 2 aromatic rings. The second-order valence-electron chi connectivity index (χ2n) is 6.98. The Kier molecular flexibility index (Phi) is 4.67. The third kappa shape index (κ3) is 3.98. The van der Waals surface area contributed by atoms with Crippen molar-refractivity contribution in [3.63, 3.8) is 0 Å². The summed E-state index contributed by atoms with van der Waals surface area (Å²) in [7, 11) is 0. The average molecular weight is 396 g/mol. The van der Waals surface area contributed by atoms with E-state index in [1.165, 1.54) is 0 Å². The summed E-state index contributed by atoms with van der Waals surface area (Å²) in [5, 5.41) is 7.93. The van der Waals surface area contributed by atoms with Gasteiger partial charge in [0.25, 0.3) is 0 Å². The van der Waals surface area contributed by atoms with E-state index < -0.39 is 5.60 Å². The molecule has 0 saturated carbocycles. The molecule has 0 radical (unpaired) electrons. The van der Waals surface area contributed by atoms with Crippen molar-refractivity contribution >= 4 is 33.5 Å². The fraction of sp³-hybridized carbons (Fsp3) is 0.562. The minimum absolute atomic E-state index is 0.151. The second-order valence-corrected chi connectivity index (χ2v) is 7.79. The lowest BCUT2D eigenvalue weighted by atomic mass is 10.1. The predicted molar refractivity (Wildman–Crippen MR) is 95.1 cm³/mol. The maximum Gasteiger partial charge on any atom is 0.410 e. The molecular formula is C16H22BrN5O2. The van der Waals surface area contributed by atoms with Crippen LogP contribution in [0.25, 0.3) is 5.65 Å². The number of hydrogen-bond acceptors (Lipinski definition) is 5.